The standard InChI is InChI=1S/C22H40O4/c1-4-7-9-11-20(16-17(6-3)10-8-5-2)26-22(25)19-14-12-18(13-15-19)21(23)24/h17-20H,4-16H2,1-3H3,(H,23,24). The predicted octanol–water partition coefficient (Wildman–Crippen LogP) is 5.98. The second kappa shape index (κ2) is 13.2. The van der Waals surface area contributed by atoms with Crippen LogP contribution in [0.2, 0.25) is 0 Å². The first-order chi connectivity index (χ1) is 12.5. The molecule has 2 unspecified atom stereocenters. The van der Waals surface area contributed by atoms with Gasteiger partial charge in [-0.05, 0) is 50.9 Å². The maximum absolute atomic E-state index is 12.6. The molecule has 1 rings (SSSR count). The second-order valence-electron chi connectivity index (χ2n) is 8.09. The highest BCUT2D eigenvalue weighted by Gasteiger charge is 2.32. The number of aliphatic carboxylic acids is 1. The number of carboxylic acid groups (broad SMARTS) is 1. The summed E-state index contributed by atoms with van der Waals surface area (Å²) in [6.45, 7) is 6.65. The summed E-state index contributed by atoms with van der Waals surface area (Å²) in [5, 5.41) is 9.11. The van der Waals surface area contributed by atoms with E-state index in [0.29, 0.717) is 31.6 Å². The Hall–Kier alpha value is -1.06. The number of ether oxygens (including phenoxy) is 1. The molecular weight excluding hydrogens is 328 g/mol. The maximum atomic E-state index is 12.6. The molecule has 4 nitrogen and oxygen atoms in total. The van der Waals surface area contributed by atoms with Gasteiger partial charge in [-0.3, -0.25) is 9.59 Å². The fourth-order valence-electron chi connectivity index (χ4n) is 4.04. The van der Waals surface area contributed by atoms with E-state index in [1.165, 1.54) is 32.1 Å². The van der Waals surface area contributed by atoms with Gasteiger partial charge in [-0.25, -0.2) is 0 Å². The third-order valence-corrected chi connectivity index (χ3v) is 5.96. The molecule has 1 fully saturated rings. The molecule has 0 aliphatic heterocycles. The molecule has 2 atom stereocenters. The molecule has 1 N–H and O–H groups in total. The van der Waals surface area contributed by atoms with Gasteiger partial charge in [0, 0.05) is 0 Å². The zero-order valence-corrected chi connectivity index (χ0v) is 17.2. The zero-order valence-electron chi connectivity index (χ0n) is 17.2. The van der Waals surface area contributed by atoms with Crippen LogP contribution in [0.1, 0.15) is 104 Å². The predicted molar refractivity (Wildman–Crippen MR) is 105 cm³/mol. The Morgan fingerprint density at radius 1 is 0.923 bits per heavy atom. The summed E-state index contributed by atoms with van der Waals surface area (Å²) in [5.41, 5.74) is 0. The third kappa shape index (κ3) is 8.55. The molecule has 0 aromatic carbocycles. The summed E-state index contributed by atoms with van der Waals surface area (Å²) in [6.07, 6.45) is 12.8. The van der Waals surface area contributed by atoms with E-state index in [0.717, 1.165) is 25.7 Å². The highest BCUT2D eigenvalue weighted by atomic mass is 16.5. The lowest BCUT2D eigenvalue weighted by Gasteiger charge is -2.28. The normalized spacial score (nSPS) is 22.6. The van der Waals surface area contributed by atoms with Gasteiger partial charge in [0.05, 0.1) is 11.8 Å². The number of rotatable bonds is 13. The molecule has 0 saturated heterocycles. The molecule has 1 aliphatic rings. The summed E-state index contributed by atoms with van der Waals surface area (Å²) in [4.78, 5) is 23.7. The summed E-state index contributed by atoms with van der Waals surface area (Å²) in [7, 11) is 0. The van der Waals surface area contributed by atoms with Gasteiger partial charge in [0.15, 0.2) is 0 Å². The minimum absolute atomic E-state index is 0.0352. The van der Waals surface area contributed by atoms with Crippen molar-refractivity contribution in [2.45, 2.75) is 110 Å². The molecular formula is C22H40O4. The summed E-state index contributed by atoms with van der Waals surface area (Å²) in [5.74, 6) is -0.554. The van der Waals surface area contributed by atoms with Gasteiger partial charge in [0.25, 0.3) is 0 Å². The van der Waals surface area contributed by atoms with Gasteiger partial charge < -0.3 is 9.84 Å². The smallest absolute Gasteiger partial charge is 0.309 e. The first-order valence-corrected chi connectivity index (χ1v) is 10.9. The summed E-state index contributed by atoms with van der Waals surface area (Å²) >= 11 is 0. The average Bonchev–Trinajstić information content (AvgIpc) is 2.65. The Morgan fingerprint density at radius 3 is 2.08 bits per heavy atom. The molecule has 0 aromatic heterocycles. The number of carbonyl (C=O) groups excluding carboxylic acids is 1. The molecule has 1 aliphatic carbocycles. The first-order valence-electron chi connectivity index (χ1n) is 10.9. The van der Waals surface area contributed by atoms with Crippen LogP contribution in [0.25, 0.3) is 0 Å². The van der Waals surface area contributed by atoms with E-state index in [2.05, 4.69) is 20.8 Å². The lowest BCUT2D eigenvalue weighted by molar-refractivity contribution is -0.158. The fourth-order valence-corrected chi connectivity index (χ4v) is 4.04. The number of hydrogen-bond donors (Lipinski definition) is 1. The van der Waals surface area contributed by atoms with Gasteiger partial charge in [0.2, 0.25) is 0 Å². The van der Waals surface area contributed by atoms with Gasteiger partial charge in [0.1, 0.15) is 6.10 Å². The van der Waals surface area contributed by atoms with Gasteiger partial charge in [-0.1, -0.05) is 59.3 Å². The van der Waals surface area contributed by atoms with E-state index >= 15 is 0 Å². The van der Waals surface area contributed by atoms with Crippen LogP contribution in [0.5, 0.6) is 0 Å². The van der Waals surface area contributed by atoms with Crippen molar-refractivity contribution in [1.82, 2.24) is 0 Å². The topological polar surface area (TPSA) is 63.6 Å². The van der Waals surface area contributed by atoms with Gasteiger partial charge in [-0.15, -0.1) is 0 Å². The van der Waals surface area contributed by atoms with Crippen molar-refractivity contribution in [3.05, 3.63) is 0 Å². The van der Waals surface area contributed by atoms with E-state index in [1.807, 2.05) is 0 Å². The van der Waals surface area contributed by atoms with Crippen molar-refractivity contribution in [2.75, 3.05) is 0 Å². The molecule has 0 amide bonds. The molecule has 4 heteroatoms. The Labute approximate surface area is 160 Å². The molecule has 0 radical (unpaired) electrons. The lowest BCUT2D eigenvalue weighted by Crippen LogP contribution is -2.30. The number of carbonyl (C=O) groups is 2. The highest BCUT2D eigenvalue weighted by molar-refractivity contribution is 5.74. The molecule has 0 heterocycles. The fraction of sp³-hybridized carbons (Fsp3) is 0.909. The molecule has 0 spiro atoms. The Kier molecular flexibility index (Phi) is 11.6. The number of carboxylic acids is 1. The molecule has 152 valence electrons. The van der Waals surface area contributed by atoms with Crippen LogP contribution in [0.15, 0.2) is 0 Å². The maximum Gasteiger partial charge on any atom is 0.309 e. The van der Waals surface area contributed by atoms with Crippen LogP contribution >= 0.6 is 0 Å². The lowest BCUT2D eigenvalue weighted by atomic mass is 9.82. The monoisotopic (exact) mass is 368 g/mol. The minimum atomic E-state index is -0.726. The van der Waals surface area contributed by atoms with Crippen LogP contribution in [0, 0.1) is 17.8 Å². The van der Waals surface area contributed by atoms with E-state index in [9.17, 15) is 9.59 Å². The minimum Gasteiger partial charge on any atom is -0.481 e. The summed E-state index contributed by atoms with van der Waals surface area (Å²) in [6, 6.07) is 0. The van der Waals surface area contributed by atoms with E-state index in [1.54, 1.807) is 0 Å². The van der Waals surface area contributed by atoms with E-state index in [4.69, 9.17) is 9.84 Å². The van der Waals surface area contributed by atoms with Crippen LogP contribution in [0.4, 0.5) is 0 Å². The SMILES string of the molecule is CCCCCC(CC(CC)CCCC)OC(=O)C1CCC(C(=O)O)CC1. The summed E-state index contributed by atoms with van der Waals surface area (Å²) < 4.78 is 5.96. The van der Waals surface area contributed by atoms with Crippen molar-refractivity contribution in [3.8, 4) is 0 Å². The van der Waals surface area contributed by atoms with Crippen LogP contribution in [-0.2, 0) is 14.3 Å². The Balaban J connectivity index is 2.54. The molecule has 1 saturated carbocycles. The van der Waals surface area contributed by atoms with E-state index in [-0.39, 0.29) is 23.9 Å². The van der Waals surface area contributed by atoms with Crippen molar-refractivity contribution in [3.63, 3.8) is 0 Å². The van der Waals surface area contributed by atoms with E-state index < -0.39 is 5.97 Å². The van der Waals surface area contributed by atoms with Crippen LogP contribution in [-0.4, -0.2) is 23.1 Å². The Bertz CT molecular complexity index is 399. The Morgan fingerprint density at radius 2 is 1.54 bits per heavy atom. The zero-order chi connectivity index (χ0) is 19.4. The number of unbranched alkanes of at least 4 members (excludes halogenated alkanes) is 3. The van der Waals surface area contributed by atoms with Crippen molar-refractivity contribution >= 4 is 11.9 Å². The quantitative estimate of drug-likeness (QED) is 0.321. The first kappa shape index (κ1) is 23.0. The second-order valence-corrected chi connectivity index (χ2v) is 8.09. The van der Waals surface area contributed by atoms with Crippen molar-refractivity contribution in [2.24, 2.45) is 17.8 Å². The number of esters is 1. The van der Waals surface area contributed by atoms with Crippen molar-refractivity contribution < 1.29 is 19.4 Å². The van der Waals surface area contributed by atoms with Gasteiger partial charge in [-0.2, -0.15) is 0 Å². The number of hydrogen-bond acceptors (Lipinski definition) is 3. The van der Waals surface area contributed by atoms with Gasteiger partial charge >= 0.3 is 11.9 Å². The average molecular weight is 369 g/mol. The molecule has 26 heavy (non-hydrogen) atoms. The molecule has 0 bridgehead atoms. The highest BCUT2D eigenvalue weighted by Crippen LogP contribution is 2.31. The van der Waals surface area contributed by atoms with Crippen LogP contribution < -0.4 is 0 Å². The largest absolute Gasteiger partial charge is 0.481 e. The van der Waals surface area contributed by atoms with Crippen molar-refractivity contribution in [1.29, 1.82) is 0 Å². The third-order valence-electron chi connectivity index (χ3n) is 5.96. The molecule has 0 aromatic rings. The van der Waals surface area contributed by atoms with Crippen LogP contribution in [0.3, 0.4) is 0 Å².